The summed E-state index contributed by atoms with van der Waals surface area (Å²) in [5, 5.41) is 15.1. The summed E-state index contributed by atoms with van der Waals surface area (Å²) in [7, 11) is 3.95. The van der Waals surface area contributed by atoms with Crippen molar-refractivity contribution in [1.29, 1.82) is 0 Å². The van der Waals surface area contributed by atoms with E-state index in [1.807, 2.05) is 26.5 Å². The molecule has 0 amide bonds. The van der Waals surface area contributed by atoms with Crippen molar-refractivity contribution in [3.8, 4) is 0 Å². The number of fused-ring (bicyclic) bond motifs is 1. The Labute approximate surface area is 116 Å². The van der Waals surface area contributed by atoms with Crippen LogP contribution in [-0.4, -0.2) is 26.9 Å². The number of aliphatic hydroxyl groups excluding tert-OH is 1. The molecule has 2 heterocycles. The lowest BCUT2D eigenvalue weighted by molar-refractivity contribution is 0.153. The van der Waals surface area contributed by atoms with Crippen LogP contribution in [0.15, 0.2) is 12.4 Å². The van der Waals surface area contributed by atoms with Gasteiger partial charge in [0.2, 0.25) is 0 Å². The second kappa shape index (κ2) is 4.94. The molecule has 102 valence electrons. The normalized spacial score (nSPS) is 18.4. The van der Waals surface area contributed by atoms with Gasteiger partial charge in [-0.1, -0.05) is 0 Å². The maximum absolute atomic E-state index is 9.96. The molecule has 0 bridgehead atoms. The minimum Gasteiger partial charge on any atom is -0.387 e. The molecule has 1 aliphatic rings. The van der Waals surface area contributed by atoms with Gasteiger partial charge in [0.25, 0.3) is 0 Å². The van der Waals surface area contributed by atoms with Gasteiger partial charge in [-0.05, 0) is 19.3 Å². The summed E-state index contributed by atoms with van der Waals surface area (Å²) in [6.07, 6.45) is 6.45. The molecule has 1 unspecified atom stereocenters. The highest BCUT2D eigenvalue weighted by molar-refractivity contribution is 7.15. The molecule has 0 radical (unpaired) electrons. The van der Waals surface area contributed by atoms with E-state index in [9.17, 15) is 5.11 Å². The average Bonchev–Trinajstić information content (AvgIpc) is 2.96. The number of nitrogens with zero attached hydrogens (tertiary/aromatic N) is 4. The third-order valence-electron chi connectivity index (χ3n) is 3.42. The summed E-state index contributed by atoms with van der Waals surface area (Å²) in [5.74, 6) is 0. The van der Waals surface area contributed by atoms with Crippen LogP contribution in [0.3, 0.4) is 0 Å². The predicted octanol–water partition coefficient (Wildman–Crippen LogP) is 1.88. The van der Waals surface area contributed by atoms with Gasteiger partial charge in [-0.3, -0.25) is 4.68 Å². The van der Waals surface area contributed by atoms with Gasteiger partial charge in [0.1, 0.15) is 0 Å². The lowest BCUT2D eigenvalue weighted by Crippen LogP contribution is -2.16. The van der Waals surface area contributed by atoms with E-state index in [2.05, 4.69) is 15.0 Å². The minimum absolute atomic E-state index is 0.374. The van der Waals surface area contributed by atoms with Crippen LogP contribution in [0, 0.1) is 0 Å². The van der Waals surface area contributed by atoms with Crippen LogP contribution in [0.25, 0.3) is 0 Å². The van der Waals surface area contributed by atoms with E-state index in [1.165, 1.54) is 10.4 Å². The molecular weight excluding hydrogens is 260 g/mol. The smallest absolute Gasteiger partial charge is 0.185 e. The fourth-order valence-corrected chi connectivity index (χ4v) is 3.56. The predicted molar refractivity (Wildman–Crippen MR) is 75.3 cm³/mol. The Morgan fingerprint density at radius 1 is 1.58 bits per heavy atom. The molecule has 3 rings (SSSR count). The highest BCUT2D eigenvalue weighted by Crippen LogP contribution is 2.36. The number of aromatic nitrogens is 3. The van der Waals surface area contributed by atoms with Gasteiger partial charge in [-0.2, -0.15) is 5.10 Å². The molecule has 19 heavy (non-hydrogen) atoms. The molecule has 1 aliphatic carbocycles. The molecule has 0 spiro atoms. The number of hydrogen-bond acceptors (Lipinski definition) is 5. The first-order chi connectivity index (χ1) is 9.13. The first kappa shape index (κ1) is 12.6. The van der Waals surface area contributed by atoms with Gasteiger partial charge in [-0.15, -0.1) is 11.3 Å². The Balaban J connectivity index is 1.78. The zero-order valence-electron chi connectivity index (χ0n) is 11.2. The topological polar surface area (TPSA) is 54.2 Å². The number of thiazole rings is 1. The van der Waals surface area contributed by atoms with E-state index in [0.29, 0.717) is 0 Å². The molecular formula is C13H18N4OS. The van der Waals surface area contributed by atoms with Crippen LogP contribution >= 0.6 is 11.3 Å². The summed E-state index contributed by atoms with van der Waals surface area (Å²) in [5.41, 5.74) is 2.06. The number of aliphatic hydroxyl groups is 1. The van der Waals surface area contributed by atoms with Crippen molar-refractivity contribution >= 4 is 16.5 Å². The summed E-state index contributed by atoms with van der Waals surface area (Å²) < 4.78 is 1.81. The van der Waals surface area contributed by atoms with Crippen molar-refractivity contribution in [2.45, 2.75) is 31.9 Å². The van der Waals surface area contributed by atoms with Crippen molar-refractivity contribution < 1.29 is 5.11 Å². The number of aryl methyl sites for hydroxylation is 2. The third kappa shape index (κ3) is 2.50. The number of anilines is 1. The van der Waals surface area contributed by atoms with Crippen LogP contribution in [0.4, 0.5) is 5.13 Å². The van der Waals surface area contributed by atoms with E-state index < -0.39 is 0 Å². The Morgan fingerprint density at radius 2 is 2.42 bits per heavy atom. The van der Waals surface area contributed by atoms with E-state index in [4.69, 9.17) is 0 Å². The second-order valence-corrected chi connectivity index (χ2v) is 6.15. The maximum atomic E-state index is 9.96. The van der Waals surface area contributed by atoms with Crippen molar-refractivity contribution in [3.63, 3.8) is 0 Å². The van der Waals surface area contributed by atoms with E-state index in [0.717, 1.165) is 36.6 Å². The second-order valence-electron chi connectivity index (χ2n) is 5.09. The Hall–Kier alpha value is -1.40. The molecule has 0 saturated carbocycles. The third-order valence-corrected chi connectivity index (χ3v) is 4.66. The average molecular weight is 278 g/mol. The molecule has 2 aromatic heterocycles. The fraction of sp³-hybridized carbons (Fsp3) is 0.538. The molecule has 2 aromatic rings. The molecule has 0 aliphatic heterocycles. The molecule has 1 N–H and O–H groups in total. The largest absolute Gasteiger partial charge is 0.387 e. The quantitative estimate of drug-likeness (QED) is 0.931. The van der Waals surface area contributed by atoms with Crippen LogP contribution in [0.5, 0.6) is 0 Å². The van der Waals surface area contributed by atoms with Gasteiger partial charge in [0.15, 0.2) is 5.13 Å². The molecule has 1 atom stereocenters. The fourth-order valence-electron chi connectivity index (χ4n) is 2.44. The van der Waals surface area contributed by atoms with Crippen LogP contribution in [0.2, 0.25) is 0 Å². The minimum atomic E-state index is -0.374. The van der Waals surface area contributed by atoms with Crippen LogP contribution < -0.4 is 4.90 Å². The van der Waals surface area contributed by atoms with Gasteiger partial charge in [0.05, 0.1) is 18.0 Å². The van der Waals surface area contributed by atoms with E-state index >= 15 is 0 Å². The Morgan fingerprint density at radius 3 is 3.11 bits per heavy atom. The van der Waals surface area contributed by atoms with Gasteiger partial charge in [0, 0.05) is 37.3 Å². The van der Waals surface area contributed by atoms with E-state index in [1.54, 1.807) is 16.0 Å². The summed E-state index contributed by atoms with van der Waals surface area (Å²) in [6.45, 7) is 0.788. The summed E-state index contributed by atoms with van der Waals surface area (Å²) >= 11 is 1.70. The Kier molecular flexibility index (Phi) is 3.28. The van der Waals surface area contributed by atoms with Crippen molar-refractivity contribution in [2.24, 2.45) is 7.05 Å². The maximum Gasteiger partial charge on any atom is 0.185 e. The number of hydrogen-bond donors (Lipinski definition) is 1. The van der Waals surface area contributed by atoms with E-state index in [-0.39, 0.29) is 6.10 Å². The molecule has 6 heteroatoms. The molecule has 0 fully saturated rings. The van der Waals surface area contributed by atoms with Crippen molar-refractivity contribution in [2.75, 3.05) is 11.9 Å². The highest BCUT2D eigenvalue weighted by Gasteiger charge is 2.23. The van der Waals surface area contributed by atoms with Gasteiger partial charge in [-0.25, -0.2) is 4.98 Å². The standard InChI is InChI=1S/C13H18N4OS/c1-16(7-9-6-14-17(2)8-9)13-15-12-10(18)4-3-5-11(12)19-13/h6,8,10,18H,3-5,7H2,1-2H3. The SMILES string of the molecule is CN(Cc1cnn(C)c1)c1nc2c(s1)CCCC2O. The molecule has 5 nitrogen and oxygen atoms in total. The summed E-state index contributed by atoms with van der Waals surface area (Å²) in [4.78, 5) is 7.96. The van der Waals surface area contributed by atoms with Crippen LogP contribution in [-0.2, 0) is 20.0 Å². The van der Waals surface area contributed by atoms with Gasteiger partial charge >= 0.3 is 0 Å². The lowest BCUT2D eigenvalue weighted by atomic mass is 10.0. The van der Waals surface area contributed by atoms with Crippen molar-refractivity contribution in [1.82, 2.24) is 14.8 Å². The molecule has 0 saturated heterocycles. The van der Waals surface area contributed by atoms with Crippen LogP contribution in [0.1, 0.15) is 35.1 Å². The van der Waals surface area contributed by atoms with Crippen molar-refractivity contribution in [3.05, 3.63) is 28.5 Å². The lowest BCUT2D eigenvalue weighted by Gasteiger charge is -2.15. The highest BCUT2D eigenvalue weighted by atomic mass is 32.1. The first-order valence-electron chi connectivity index (χ1n) is 6.50. The first-order valence-corrected chi connectivity index (χ1v) is 7.31. The monoisotopic (exact) mass is 278 g/mol. The summed E-state index contributed by atoms with van der Waals surface area (Å²) in [6, 6.07) is 0. The van der Waals surface area contributed by atoms with Gasteiger partial charge < -0.3 is 10.0 Å². The number of rotatable bonds is 3. The molecule has 0 aromatic carbocycles. The zero-order chi connectivity index (χ0) is 13.4. The Bertz CT molecular complexity index is 577. The zero-order valence-corrected chi connectivity index (χ0v) is 12.0.